The van der Waals surface area contributed by atoms with E-state index in [2.05, 4.69) is 26.2 Å². The number of nitrogens with one attached hydrogen (secondary N) is 1. The highest BCUT2D eigenvalue weighted by atomic mass is 79.9. The molecule has 88 valence electrons. The molecule has 4 heteroatoms. The fourth-order valence-electron chi connectivity index (χ4n) is 1.52. The van der Waals surface area contributed by atoms with Crippen molar-refractivity contribution in [2.45, 2.75) is 13.5 Å². The monoisotopic (exact) mass is 294 g/mol. The van der Waals surface area contributed by atoms with Gasteiger partial charge in [0.1, 0.15) is 10.4 Å². The molecule has 2 nitrogen and oxygen atoms in total. The van der Waals surface area contributed by atoms with E-state index in [4.69, 9.17) is 0 Å². The molecular weight excluding hydrogens is 283 g/mol. The van der Waals surface area contributed by atoms with Crippen molar-refractivity contribution < 1.29 is 4.39 Å². The first kappa shape index (κ1) is 12.0. The molecule has 0 spiro atoms. The number of halogens is 2. The number of aryl methyl sites for hydroxylation is 1. The summed E-state index contributed by atoms with van der Waals surface area (Å²) in [5, 5.41) is 3.13. The number of rotatable bonds is 3. The van der Waals surface area contributed by atoms with Crippen molar-refractivity contribution in [3.05, 3.63) is 58.1 Å². The van der Waals surface area contributed by atoms with Crippen LogP contribution in [0, 0.1) is 12.7 Å². The number of nitrogens with zero attached hydrogens (tertiary/aromatic N) is 1. The highest BCUT2D eigenvalue weighted by Gasteiger charge is 2.02. The lowest BCUT2D eigenvalue weighted by atomic mass is 10.1. The van der Waals surface area contributed by atoms with Crippen molar-refractivity contribution in [3.63, 3.8) is 0 Å². The van der Waals surface area contributed by atoms with Gasteiger partial charge in [-0.05, 0) is 41.1 Å². The van der Waals surface area contributed by atoms with Crippen molar-refractivity contribution in [3.8, 4) is 0 Å². The Hall–Kier alpha value is -1.42. The third-order valence-electron chi connectivity index (χ3n) is 2.41. The van der Waals surface area contributed by atoms with Crippen LogP contribution in [0.3, 0.4) is 0 Å². The Morgan fingerprint density at radius 3 is 2.82 bits per heavy atom. The number of hydrogen-bond donors (Lipinski definition) is 1. The van der Waals surface area contributed by atoms with Gasteiger partial charge in [0.15, 0.2) is 0 Å². The lowest BCUT2D eigenvalue weighted by molar-refractivity contribution is 0.612. The minimum Gasteiger partial charge on any atom is -0.380 e. The Bertz CT molecular complexity index is 511. The van der Waals surface area contributed by atoms with E-state index < -0.39 is 0 Å². The quantitative estimate of drug-likeness (QED) is 0.869. The van der Waals surface area contributed by atoms with Crippen molar-refractivity contribution in [1.82, 2.24) is 4.98 Å². The van der Waals surface area contributed by atoms with Crippen LogP contribution in [0.2, 0.25) is 0 Å². The number of aromatic nitrogens is 1. The van der Waals surface area contributed by atoms with Crippen LogP contribution < -0.4 is 5.32 Å². The summed E-state index contributed by atoms with van der Waals surface area (Å²) >= 11 is 3.26. The lowest BCUT2D eigenvalue weighted by Gasteiger charge is -2.08. The largest absolute Gasteiger partial charge is 0.380 e. The molecule has 1 N–H and O–H groups in total. The maximum Gasteiger partial charge on any atom is 0.128 e. The second kappa shape index (κ2) is 5.27. The van der Waals surface area contributed by atoms with Crippen molar-refractivity contribution in [2.24, 2.45) is 0 Å². The molecule has 1 aromatic heterocycles. The molecule has 1 aromatic carbocycles. The number of hydrogen-bond acceptors (Lipinski definition) is 2. The van der Waals surface area contributed by atoms with E-state index in [0.717, 1.165) is 15.9 Å². The highest BCUT2D eigenvalue weighted by Crippen LogP contribution is 2.14. The van der Waals surface area contributed by atoms with E-state index >= 15 is 0 Å². The Balaban J connectivity index is 2.07. The van der Waals surface area contributed by atoms with Gasteiger partial charge in [0.25, 0.3) is 0 Å². The topological polar surface area (TPSA) is 24.9 Å². The number of benzene rings is 1. The Morgan fingerprint density at radius 1 is 1.29 bits per heavy atom. The van der Waals surface area contributed by atoms with Gasteiger partial charge in [-0.25, -0.2) is 9.37 Å². The van der Waals surface area contributed by atoms with Gasteiger partial charge < -0.3 is 5.32 Å². The standard InChI is InChI=1S/C13H12BrFN2/c1-9-2-4-12(15)10(6-9)7-16-11-3-5-13(14)17-8-11/h2-6,8,16H,7H2,1H3. The predicted molar refractivity (Wildman–Crippen MR) is 70.4 cm³/mol. The number of pyridine rings is 1. The second-order valence-electron chi connectivity index (χ2n) is 3.82. The predicted octanol–water partition coefficient (Wildman–Crippen LogP) is 3.90. The van der Waals surface area contributed by atoms with Crippen LogP contribution in [0.15, 0.2) is 41.1 Å². The third kappa shape index (κ3) is 3.27. The minimum absolute atomic E-state index is 0.187. The average Bonchev–Trinajstić information content (AvgIpc) is 2.32. The van der Waals surface area contributed by atoms with E-state index in [1.54, 1.807) is 12.3 Å². The first-order chi connectivity index (χ1) is 8.15. The molecule has 0 fully saturated rings. The summed E-state index contributed by atoms with van der Waals surface area (Å²) < 4.78 is 14.3. The molecular formula is C13H12BrFN2. The molecule has 17 heavy (non-hydrogen) atoms. The first-order valence-corrected chi connectivity index (χ1v) is 6.05. The average molecular weight is 295 g/mol. The second-order valence-corrected chi connectivity index (χ2v) is 4.63. The van der Waals surface area contributed by atoms with Crippen LogP contribution in [-0.2, 0) is 6.54 Å². The summed E-state index contributed by atoms with van der Waals surface area (Å²) in [5.41, 5.74) is 2.58. The molecule has 0 amide bonds. The van der Waals surface area contributed by atoms with Gasteiger partial charge in [0.2, 0.25) is 0 Å². The molecule has 2 aromatic rings. The van der Waals surface area contributed by atoms with E-state index in [9.17, 15) is 4.39 Å². The molecule has 0 saturated heterocycles. The Morgan fingerprint density at radius 2 is 2.12 bits per heavy atom. The van der Waals surface area contributed by atoms with Crippen LogP contribution in [0.1, 0.15) is 11.1 Å². The summed E-state index contributed by atoms with van der Waals surface area (Å²) in [4.78, 5) is 4.09. The Labute approximate surface area is 108 Å². The van der Waals surface area contributed by atoms with E-state index in [0.29, 0.717) is 12.1 Å². The summed E-state index contributed by atoms with van der Waals surface area (Å²) in [7, 11) is 0. The maximum atomic E-state index is 13.5. The minimum atomic E-state index is -0.187. The van der Waals surface area contributed by atoms with Crippen LogP contribution in [0.5, 0.6) is 0 Å². The third-order valence-corrected chi connectivity index (χ3v) is 2.88. The molecule has 0 aliphatic carbocycles. The summed E-state index contributed by atoms with van der Waals surface area (Å²) in [6.07, 6.45) is 1.71. The SMILES string of the molecule is Cc1ccc(F)c(CNc2ccc(Br)nc2)c1. The van der Waals surface area contributed by atoms with E-state index in [1.807, 2.05) is 25.1 Å². The molecule has 0 saturated carbocycles. The first-order valence-electron chi connectivity index (χ1n) is 5.25. The molecule has 0 aliphatic rings. The van der Waals surface area contributed by atoms with Gasteiger partial charge in [-0.2, -0.15) is 0 Å². The molecule has 1 heterocycles. The normalized spacial score (nSPS) is 10.3. The number of anilines is 1. The zero-order valence-electron chi connectivity index (χ0n) is 9.37. The van der Waals surface area contributed by atoms with E-state index in [-0.39, 0.29) is 5.82 Å². The van der Waals surface area contributed by atoms with Crippen LogP contribution in [0.4, 0.5) is 10.1 Å². The fraction of sp³-hybridized carbons (Fsp3) is 0.154. The molecule has 0 unspecified atom stereocenters. The highest BCUT2D eigenvalue weighted by molar-refractivity contribution is 9.10. The fourth-order valence-corrected chi connectivity index (χ4v) is 1.75. The van der Waals surface area contributed by atoms with Gasteiger partial charge >= 0.3 is 0 Å². The zero-order chi connectivity index (χ0) is 12.3. The summed E-state index contributed by atoms with van der Waals surface area (Å²) in [6, 6.07) is 8.83. The van der Waals surface area contributed by atoms with Gasteiger partial charge in [-0.3, -0.25) is 0 Å². The van der Waals surface area contributed by atoms with Crippen LogP contribution in [-0.4, -0.2) is 4.98 Å². The summed E-state index contributed by atoms with van der Waals surface area (Å²) in [5.74, 6) is -0.187. The van der Waals surface area contributed by atoms with Crippen molar-refractivity contribution in [2.75, 3.05) is 5.32 Å². The summed E-state index contributed by atoms with van der Waals surface area (Å²) in [6.45, 7) is 2.40. The molecule has 0 atom stereocenters. The van der Waals surface area contributed by atoms with Gasteiger partial charge in [0.05, 0.1) is 11.9 Å². The molecule has 0 radical (unpaired) electrons. The molecule has 2 rings (SSSR count). The van der Waals surface area contributed by atoms with E-state index in [1.165, 1.54) is 6.07 Å². The Kier molecular flexibility index (Phi) is 3.74. The van der Waals surface area contributed by atoms with Gasteiger partial charge in [-0.1, -0.05) is 17.7 Å². The van der Waals surface area contributed by atoms with Crippen molar-refractivity contribution >= 4 is 21.6 Å². The lowest BCUT2D eigenvalue weighted by Crippen LogP contribution is -2.02. The zero-order valence-corrected chi connectivity index (χ0v) is 11.0. The van der Waals surface area contributed by atoms with Crippen molar-refractivity contribution in [1.29, 1.82) is 0 Å². The van der Waals surface area contributed by atoms with Gasteiger partial charge in [0, 0.05) is 12.1 Å². The van der Waals surface area contributed by atoms with Crippen LogP contribution in [0.25, 0.3) is 0 Å². The van der Waals surface area contributed by atoms with Crippen LogP contribution >= 0.6 is 15.9 Å². The molecule has 0 bridgehead atoms. The van der Waals surface area contributed by atoms with Gasteiger partial charge in [-0.15, -0.1) is 0 Å². The smallest absolute Gasteiger partial charge is 0.128 e. The maximum absolute atomic E-state index is 13.5. The molecule has 0 aliphatic heterocycles.